The van der Waals surface area contributed by atoms with Crippen LogP contribution in [0.4, 0.5) is 0 Å². The lowest BCUT2D eigenvalue weighted by Gasteiger charge is -2.28. The predicted octanol–water partition coefficient (Wildman–Crippen LogP) is 2.53. The fourth-order valence-electron chi connectivity index (χ4n) is 1.82. The number of hydrogen-bond acceptors (Lipinski definition) is 4. The molecule has 0 aliphatic heterocycles. The Balaban J connectivity index is 2.47. The summed E-state index contributed by atoms with van der Waals surface area (Å²) in [7, 11) is 2.01. The van der Waals surface area contributed by atoms with Gasteiger partial charge in [0.2, 0.25) is 0 Å². The normalized spacial score (nSPS) is 14.0. The summed E-state index contributed by atoms with van der Waals surface area (Å²) >= 11 is 4.52. The Morgan fingerprint density at radius 2 is 2.06 bits per heavy atom. The van der Waals surface area contributed by atoms with E-state index < -0.39 is 6.10 Å². The molecule has 3 nitrogen and oxygen atoms in total. The molecule has 98 valence electrons. The van der Waals surface area contributed by atoms with Crippen LogP contribution in [0.25, 0.3) is 0 Å². The van der Waals surface area contributed by atoms with Crippen molar-refractivity contribution < 1.29 is 5.11 Å². The molecule has 0 unspecified atom stereocenters. The summed E-state index contributed by atoms with van der Waals surface area (Å²) in [4.78, 5) is 6.02. The summed E-state index contributed by atoms with van der Waals surface area (Å²) in [5, 5.41) is 12.6. The molecule has 1 N–H and O–H groups in total. The minimum Gasteiger partial charge on any atom is -0.387 e. The quantitative estimate of drug-likeness (QED) is 0.467. The zero-order valence-corrected chi connectivity index (χ0v) is 11.7. The fraction of sp³-hybridized carbons (Fsp3) is 0.500. The minimum absolute atomic E-state index is 0.0730. The maximum absolute atomic E-state index is 10.3. The van der Waals surface area contributed by atoms with E-state index in [0.717, 1.165) is 18.5 Å². The fourth-order valence-corrected chi connectivity index (χ4v) is 1.91. The number of benzene rings is 1. The maximum atomic E-state index is 10.3. The van der Waals surface area contributed by atoms with Gasteiger partial charge in [0.1, 0.15) is 0 Å². The summed E-state index contributed by atoms with van der Waals surface area (Å²) < 4.78 is 0. The van der Waals surface area contributed by atoms with E-state index in [4.69, 9.17) is 0 Å². The van der Waals surface area contributed by atoms with E-state index in [1.165, 1.54) is 0 Å². The van der Waals surface area contributed by atoms with E-state index in [1.807, 2.05) is 44.3 Å². The maximum Gasteiger partial charge on any atom is 0.0942 e. The number of thiocarbonyl (C=S) groups is 1. The average molecular weight is 264 g/mol. The first-order valence-corrected chi connectivity index (χ1v) is 6.54. The molecule has 4 heteroatoms. The van der Waals surface area contributed by atoms with Crippen LogP contribution in [0.1, 0.15) is 25.0 Å². The Bertz CT molecular complexity index is 390. The molecule has 0 aliphatic rings. The van der Waals surface area contributed by atoms with E-state index in [-0.39, 0.29) is 6.04 Å². The Labute approximate surface area is 114 Å². The standard InChI is InChI=1S/C14H20N2OS/c1-12(16(2)10-6-9-15-11-18)14(17)13-7-4-3-5-8-13/h3-5,7-8,12,14,17H,6,9-10H2,1-2H3/t12-,14-/m0/s1. The van der Waals surface area contributed by atoms with Crippen molar-refractivity contribution in [3.63, 3.8) is 0 Å². The van der Waals surface area contributed by atoms with Crippen molar-refractivity contribution in [1.82, 2.24) is 4.90 Å². The molecule has 1 rings (SSSR count). The molecule has 0 radical (unpaired) electrons. The molecule has 0 amide bonds. The van der Waals surface area contributed by atoms with Gasteiger partial charge in [-0.3, -0.25) is 0 Å². The SMILES string of the molecule is C[C@@H]([C@H](O)c1ccccc1)N(C)CCCN=C=S. The van der Waals surface area contributed by atoms with E-state index >= 15 is 0 Å². The summed E-state index contributed by atoms with van der Waals surface area (Å²) in [5.74, 6) is 0. The van der Waals surface area contributed by atoms with Crippen molar-refractivity contribution in [2.24, 2.45) is 4.99 Å². The summed E-state index contributed by atoms with van der Waals surface area (Å²) in [6.07, 6.45) is 0.455. The molecular weight excluding hydrogens is 244 g/mol. The highest BCUT2D eigenvalue weighted by Crippen LogP contribution is 2.19. The van der Waals surface area contributed by atoms with Crippen LogP contribution in [0.3, 0.4) is 0 Å². The van der Waals surface area contributed by atoms with Crippen LogP contribution in [0, 0.1) is 0 Å². The number of likely N-dealkylation sites (N-methyl/N-ethyl adjacent to an activating group) is 1. The van der Waals surface area contributed by atoms with Crippen molar-refractivity contribution in [3.8, 4) is 0 Å². The molecule has 0 spiro atoms. The first-order valence-electron chi connectivity index (χ1n) is 6.13. The number of aliphatic hydroxyl groups is 1. The van der Waals surface area contributed by atoms with Crippen molar-refractivity contribution >= 4 is 17.4 Å². The lowest BCUT2D eigenvalue weighted by atomic mass is 10.0. The first-order chi connectivity index (χ1) is 8.66. The van der Waals surface area contributed by atoms with Crippen LogP contribution in [0.5, 0.6) is 0 Å². The minimum atomic E-state index is -0.467. The highest BCUT2D eigenvalue weighted by atomic mass is 32.1. The van der Waals surface area contributed by atoms with Gasteiger partial charge in [-0.15, -0.1) is 0 Å². The van der Waals surface area contributed by atoms with Gasteiger partial charge < -0.3 is 10.0 Å². The lowest BCUT2D eigenvalue weighted by Crippen LogP contribution is -2.35. The largest absolute Gasteiger partial charge is 0.387 e. The Morgan fingerprint density at radius 1 is 1.39 bits per heavy atom. The smallest absolute Gasteiger partial charge is 0.0942 e. The summed E-state index contributed by atoms with van der Waals surface area (Å²) in [5.41, 5.74) is 0.953. The van der Waals surface area contributed by atoms with Gasteiger partial charge in [0, 0.05) is 12.6 Å². The van der Waals surface area contributed by atoms with Crippen LogP contribution < -0.4 is 0 Å². The highest BCUT2D eigenvalue weighted by molar-refractivity contribution is 7.78. The van der Waals surface area contributed by atoms with Gasteiger partial charge in [-0.05, 0) is 38.2 Å². The third-order valence-electron chi connectivity index (χ3n) is 3.14. The van der Waals surface area contributed by atoms with E-state index in [1.54, 1.807) is 0 Å². The van der Waals surface area contributed by atoms with Gasteiger partial charge in [-0.2, -0.15) is 0 Å². The third kappa shape index (κ3) is 4.67. The second-order valence-corrected chi connectivity index (χ2v) is 4.59. The van der Waals surface area contributed by atoms with Crippen LogP contribution in [0.2, 0.25) is 0 Å². The van der Waals surface area contributed by atoms with Gasteiger partial charge >= 0.3 is 0 Å². The van der Waals surface area contributed by atoms with Gasteiger partial charge in [0.25, 0.3) is 0 Å². The predicted molar refractivity (Wildman–Crippen MR) is 78.0 cm³/mol. The van der Waals surface area contributed by atoms with E-state index in [0.29, 0.717) is 6.54 Å². The van der Waals surface area contributed by atoms with Gasteiger partial charge in [0.05, 0.1) is 17.8 Å². The second kappa shape index (κ2) is 8.11. The molecule has 0 bridgehead atoms. The molecule has 18 heavy (non-hydrogen) atoms. The number of isothiocyanates is 1. The molecule has 0 saturated heterocycles. The monoisotopic (exact) mass is 264 g/mol. The Morgan fingerprint density at radius 3 is 2.67 bits per heavy atom. The molecule has 0 aliphatic carbocycles. The Kier molecular flexibility index (Phi) is 6.76. The lowest BCUT2D eigenvalue weighted by molar-refractivity contribution is 0.0724. The molecular formula is C14H20N2OS. The zero-order valence-electron chi connectivity index (χ0n) is 10.9. The molecule has 0 fully saturated rings. The zero-order chi connectivity index (χ0) is 13.4. The third-order valence-corrected chi connectivity index (χ3v) is 3.27. The van der Waals surface area contributed by atoms with Crippen LogP contribution >= 0.6 is 12.2 Å². The van der Waals surface area contributed by atoms with Crippen molar-refractivity contribution in [3.05, 3.63) is 35.9 Å². The topological polar surface area (TPSA) is 35.8 Å². The van der Waals surface area contributed by atoms with Gasteiger partial charge in [0.15, 0.2) is 0 Å². The number of aliphatic imine (C=N–C) groups is 1. The molecule has 0 heterocycles. The highest BCUT2D eigenvalue weighted by Gasteiger charge is 2.19. The van der Waals surface area contributed by atoms with Crippen molar-refractivity contribution in [2.45, 2.75) is 25.5 Å². The number of aliphatic hydroxyl groups excluding tert-OH is 1. The number of hydrogen-bond donors (Lipinski definition) is 1. The first kappa shape index (κ1) is 15.0. The number of rotatable bonds is 7. The molecule has 2 atom stereocenters. The molecule has 0 saturated carbocycles. The molecule has 1 aromatic rings. The van der Waals surface area contributed by atoms with Crippen molar-refractivity contribution in [1.29, 1.82) is 0 Å². The number of nitrogens with zero attached hydrogens (tertiary/aromatic N) is 2. The second-order valence-electron chi connectivity index (χ2n) is 4.40. The van der Waals surface area contributed by atoms with E-state index in [2.05, 4.69) is 27.3 Å². The summed E-state index contributed by atoms with van der Waals surface area (Å²) in [6, 6.07) is 9.81. The molecule has 0 aromatic heterocycles. The van der Waals surface area contributed by atoms with E-state index in [9.17, 15) is 5.11 Å². The molecule has 1 aromatic carbocycles. The Hall–Kier alpha value is -1.06. The summed E-state index contributed by atoms with van der Waals surface area (Å²) in [6.45, 7) is 3.60. The van der Waals surface area contributed by atoms with Crippen molar-refractivity contribution in [2.75, 3.05) is 20.1 Å². The average Bonchev–Trinajstić information content (AvgIpc) is 2.42. The van der Waals surface area contributed by atoms with Crippen LogP contribution in [0.15, 0.2) is 35.3 Å². The van der Waals surface area contributed by atoms with Gasteiger partial charge in [-0.25, -0.2) is 4.99 Å². The van der Waals surface area contributed by atoms with Gasteiger partial charge in [-0.1, -0.05) is 30.3 Å². The van der Waals surface area contributed by atoms with Crippen LogP contribution in [-0.4, -0.2) is 41.3 Å². The van der Waals surface area contributed by atoms with Crippen LogP contribution in [-0.2, 0) is 0 Å².